The standard InChI is InChI=1S/C12H12ClNO4/c1-7(15)14-10(12(17)18)6-11(16)8-3-2-4-9(13)5-8/h2-5,10H,6H2,1H3,(H,14,15)(H,17,18). The Morgan fingerprint density at radius 1 is 1.39 bits per heavy atom. The summed E-state index contributed by atoms with van der Waals surface area (Å²) in [7, 11) is 0. The van der Waals surface area contributed by atoms with Crippen LogP contribution in [0.1, 0.15) is 23.7 Å². The van der Waals surface area contributed by atoms with Crippen molar-refractivity contribution in [2.24, 2.45) is 0 Å². The Morgan fingerprint density at radius 2 is 2.06 bits per heavy atom. The summed E-state index contributed by atoms with van der Waals surface area (Å²) in [5.74, 6) is -2.14. The van der Waals surface area contributed by atoms with Crippen LogP contribution in [-0.4, -0.2) is 28.8 Å². The van der Waals surface area contributed by atoms with Gasteiger partial charge in [-0.3, -0.25) is 9.59 Å². The number of carboxylic acids is 1. The third kappa shape index (κ3) is 4.18. The molecule has 5 nitrogen and oxygen atoms in total. The number of amides is 1. The molecule has 1 unspecified atom stereocenters. The summed E-state index contributed by atoms with van der Waals surface area (Å²) in [6.45, 7) is 1.19. The van der Waals surface area contributed by atoms with Crippen molar-refractivity contribution in [1.82, 2.24) is 5.32 Å². The van der Waals surface area contributed by atoms with Crippen molar-refractivity contribution in [3.8, 4) is 0 Å². The molecule has 0 spiro atoms. The highest BCUT2D eigenvalue weighted by atomic mass is 35.5. The number of aliphatic carboxylic acids is 1. The maximum absolute atomic E-state index is 11.8. The van der Waals surface area contributed by atoms with E-state index in [0.717, 1.165) is 0 Å². The summed E-state index contributed by atoms with van der Waals surface area (Å²) in [6.07, 6.45) is -0.310. The minimum atomic E-state index is -1.25. The summed E-state index contributed by atoms with van der Waals surface area (Å²) < 4.78 is 0. The molecule has 2 N–H and O–H groups in total. The van der Waals surface area contributed by atoms with Crippen molar-refractivity contribution < 1.29 is 19.5 Å². The topological polar surface area (TPSA) is 83.5 Å². The Kier molecular flexibility index (Phi) is 4.85. The predicted molar refractivity (Wildman–Crippen MR) is 65.6 cm³/mol. The molecule has 0 aliphatic rings. The van der Waals surface area contributed by atoms with Gasteiger partial charge >= 0.3 is 5.97 Å². The number of hydrogen-bond donors (Lipinski definition) is 2. The van der Waals surface area contributed by atoms with E-state index >= 15 is 0 Å². The summed E-state index contributed by atoms with van der Waals surface area (Å²) in [5, 5.41) is 11.5. The van der Waals surface area contributed by atoms with Gasteiger partial charge in [-0.1, -0.05) is 23.7 Å². The second-order valence-corrected chi connectivity index (χ2v) is 4.17. The molecule has 0 aliphatic carbocycles. The van der Waals surface area contributed by atoms with E-state index in [9.17, 15) is 14.4 Å². The second-order valence-electron chi connectivity index (χ2n) is 3.73. The predicted octanol–water partition coefficient (Wildman–Crippen LogP) is 1.50. The molecule has 0 fully saturated rings. The molecule has 1 rings (SSSR count). The maximum Gasteiger partial charge on any atom is 0.326 e. The lowest BCUT2D eigenvalue weighted by atomic mass is 10.0. The molecule has 0 radical (unpaired) electrons. The van der Waals surface area contributed by atoms with E-state index in [1.54, 1.807) is 18.2 Å². The van der Waals surface area contributed by atoms with Crippen LogP contribution in [0.25, 0.3) is 0 Å². The highest BCUT2D eigenvalue weighted by Crippen LogP contribution is 2.13. The molecule has 6 heteroatoms. The van der Waals surface area contributed by atoms with Crippen molar-refractivity contribution in [2.45, 2.75) is 19.4 Å². The van der Waals surface area contributed by atoms with Crippen molar-refractivity contribution in [3.05, 3.63) is 34.9 Å². The normalized spacial score (nSPS) is 11.7. The fraction of sp³-hybridized carbons (Fsp3) is 0.250. The lowest BCUT2D eigenvalue weighted by Gasteiger charge is -2.12. The third-order valence-corrected chi connectivity index (χ3v) is 2.45. The van der Waals surface area contributed by atoms with Gasteiger partial charge in [-0.15, -0.1) is 0 Å². The van der Waals surface area contributed by atoms with Gasteiger partial charge in [0.25, 0.3) is 0 Å². The minimum Gasteiger partial charge on any atom is -0.480 e. The number of carbonyl (C=O) groups excluding carboxylic acids is 2. The molecular formula is C12H12ClNO4. The molecule has 0 heterocycles. The van der Waals surface area contributed by atoms with E-state index in [1.165, 1.54) is 13.0 Å². The van der Waals surface area contributed by atoms with E-state index in [2.05, 4.69) is 5.32 Å². The van der Waals surface area contributed by atoms with Gasteiger partial charge in [0, 0.05) is 23.9 Å². The number of halogens is 1. The number of benzene rings is 1. The van der Waals surface area contributed by atoms with Crippen LogP contribution in [-0.2, 0) is 9.59 Å². The first-order valence-corrected chi connectivity index (χ1v) is 5.56. The van der Waals surface area contributed by atoms with E-state index in [-0.39, 0.29) is 6.42 Å². The molecule has 96 valence electrons. The molecule has 1 aromatic rings. The SMILES string of the molecule is CC(=O)NC(CC(=O)c1cccc(Cl)c1)C(=O)O. The first-order chi connectivity index (χ1) is 8.40. The van der Waals surface area contributed by atoms with Crippen molar-refractivity contribution in [1.29, 1.82) is 0 Å². The quantitative estimate of drug-likeness (QED) is 0.794. The van der Waals surface area contributed by atoms with Gasteiger partial charge in [-0.05, 0) is 12.1 Å². The Hall–Kier alpha value is -1.88. The van der Waals surface area contributed by atoms with Crippen LogP contribution < -0.4 is 5.32 Å². The molecular weight excluding hydrogens is 258 g/mol. The molecule has 1 amide bonds. The number of Topliss-reactive ketones (excluding diaryl/α,β-unsaturated/α-hetero) is 1. The average Bonchev–Trinajstić information content (AvgIpc) is 2.27. The number of carboxylic acid groups (broad SMARTS) is 1. The zero-order valence-corrected chi connectivity index (χ0v) is 10.4. The van der Waals surface area contributed by atoms with Crippen molar-refractivity contribution in [3.63, 3.8) is 0 Å². The molecule has 1 atom stereocenters. The fourth-order valence-electron chi connectivity index (χ4n) is 1.41. The smallest absolute Gasteiger partial charge is 0.326 e. The molecule has 0 aromatic heterocycles. The van der Waals surface area contributed by atoms with Crippen LogP contribution in [0.2, 0.25) is 5.02 Å². The number of ketones is 1. The van der Waals surface area contributed by atoms with E-state index < -0.39 is 23.7 Å². The van der Waals surface area contributed by atoms with Crippen molar-refractivity contribution in [2.75, 3.05) is 0 Å². The van der Waals surface area contributed by atoms with Gasteiger partial charge in [0.15, 0.2) is 5.78 Å². The van der Waals surface area contributed by atoms with E-state index in [1.807, 2.05) is 0 Å². The van der Waals surface area contributed by atoms with Gasteiger partial charge < -0.3 is 10.4 Å². The number of nitrogens with one attached hydrogen (secondary N) is 1. The number of hydrogen-bond acceptors (Lipinski definition) is 3. The zero-order valence-electron chi connectivity index (χ0n) is 9.64. The lowest BCUT2D eigenvalue weighted by molar-refractivity contribution is -0.141. The van der Waals surface area contributed by atoms with Gasteiger partial charge in [-0.25, -0.2) is 4.79 Å². The minimum absolute atomic E-state index is 0.310. The Labute approximate surface area is 109 Å². The Morgan fingerprint density at radius 3 is 2.56 bits per heavy atom. The zero-order chi connectivity index (χ0) is 13.7. The average molecular weight is 270 g/mol. The van der Waals surface area contributed by atoms with Crippen LogP contribution in [0.4, 0.5) is 0 Å². The largest absolute Gasteiger partial charge is 0.480 e. The summed E-state index contributed by atoms with van der Waals surface area (Å²) in [4.78, 5) is 33.5. The van der Waals surface area contributed by atoms with Crippen LogP contribution >= 0.6 is 11.6 Å². The van der Waals surface area contributed by atoms with Crippen LogP contribution in [0.15, 0.2) is 24.3 Å². The summed E-state index contributed by atoms with van der Waals surface area (Å²) in [5.41, 5.74) is 0.319. The van der Waals surface area contributed by atoms with Gasteiger partial charge in [0.2, 0.25) is 5.91 Å². The highest BCUT2D eigenvalue weighted by Gasteiger charge is 2.22. The van der Waals surface area contributed by atoms with E-state index in [0.29, 0.717) is 10.6 Å². The highest BCUT2D eigenvalue weighted by molar-refractivity contribution is 6.31. The molecule has 0 saturated carbocycles. The fourth-order valence-corrected chi connectivity index (χ4v) is 1.60. The van der Waals surface area contributed by atoms with Gasteiger partial charge in [0.05, 0.1) is 0 Å². The molecule has 0 bridgehead atoms. The first-order valence-electron chi connectivity index (χ1n) is 5.19. The second kappa shape index (κ2) is 6.16. The van der Waals surface area contributed by atoms with E-state index in [4.69, 9.17) is 16.7 Å². The molecule has 0 aliphatic heterocycles. The van der Waals surface area contributed by atoms with Crippen LogP contribution in [0.3, 0.4) is 0 Å². The van der Waals surface area contributed by atoms with Crippen LogP contribution in [0, 0.1) is 0 Å². The molecule has 1 aromatic carbocycles. The number of carbonyl (C=O) groups is 3. The Bertz CT molecular complexity index is 487. The monoisotopic (exact) mass is 269 g/mol. The van der Waals surface area contributed by atoms with Gasteiger partial charge in [0.1, 0.15) is 6.04 Å². The lowest BCUT2D eigenvalue weighted by Crippen LogP contribution is -2.41. The van der Waals surface area contributed by atoms with Gasteiger partial charge in [-0.2, -0.15) is 0 Å². The first kappa shape index (κ1) is 14.2. The molecule has 18 heavy (non-hydrogen) atoms. The summed E-state index contributed by atoms with van der Waals surface area (Å²) >= 11 is 5.73. The number of rotatable bonds is 5. The van der Waals surface area contributed by atoms with Crippen molar-refractivity contribution >= 4 is 29.3 Å². The third-order valence-electron chi connectivity index (χ3n) is 2.21. The maximum atomic E-state index is 11.8. The Balaban J connectivity index is 2.78. The molecule has 0 saturated heterocycles. The van der Waals surface area contributed by atoms with Crippen LogP contribution in [0.5, 0.6) is 0 Å². The summed E-state index contributed by atoms with van der Waals surface area (Å²) in [6, 6.07) is 4.98.